The van der Waals surface area contributed by atoms with Crippen LogP contribution in [-0.2, 0) is 4.79 Å². The lowest BCUT2D eigenvalue weighted by Crippen LogP contribution is -2.40. The average molecular weight is 421 g/mol. The van der Waals surface area contributed by atoms with Crippen LogP contribution in [0.15, 0.2) is 28.6 Å². The van der Waals surface area contributed by atoms with Crippen LogP contribution in [0.2, 0.25) is 0 Å². The molecule has 8 nitrogen and oxygen atoms in total. The van der Waals surface area contributed by atoms with Crippen molar-refractivity contribution < 1.29 is 27.5 Å². The van der Waals surface area contributed by atoms with Crippen molar-refractivity contribution in [2.24, 2.45) is 0 Å². The number of carbonyl (C=O) groups excluding carboxylic acids is 2. The topological polar surface area (TPSA) is 105 Å². The fraction of sp³-hybridized carbons (Fsp3) is 0.286. The summed E-state index contributed by atoms with van der Waals surface area (Å²) in [6, 6.07) is 4.56. The van der Waals surface area contributed by atoms with Crippen LogP contribution in [0.25, 0.3) is 0 Å². The molecule has 2 rings (SSSR count). The zero-order valence-corrected chi connectivity index (χ0v) is 15.4. The fourth-order valence-corrected chi connectivity index (χ4v) is 3.25. The summed E-state index contributed by atoms with van der Waals surface area (Å²) in [4.78, 5) is 22.8. The van der Waals surface area contributed by atoms with E-state index in [0.717, 1.165) is 35.2 Å². The van der Waals surface area contributed by atoms with Gasteiger partial charge >= 0.3 is 12.4 Å². The molecule has 1 heterocycles. The van der Waals surface area contributed by atoms with E-state index in [1.54, 1.807) is 6.92 Å². The third kappa shape index (κ3) is 7.70. The first-order valence-corrected chi connectivity index (χ1v) is 9.22. The van der Waals surface area contributed by atoms with Crippen LogP contribution in [0.5, 0.6) is 5.75 Å². The van der Waals surface area contributed by atoms with Crippen LogP contribution < -0.4 is 20.7 Å². The molecule has 1 aromatic carbocycles. The summed E-state index contributed by atoms with van der Waals surface area (Å²) in [5, 5.41) is 15.6. The lowest BCUT2D eigenvalue weighted by Gasteiger charge is -2.09. The van der Waals surface area contributed by atoms with Crippen molar-refractivity contribution in [3.63, 3.8) is 0 Å². The second-order valence-corrected chi connectivity index (χ2v) is 6.97. The summed E-state index contributed by atoms with van der Waals surface area (Å²) in [6.45, 7) is 2.13. The minimum Gasteiger partial charge on any atom is -0.406 e. The molecule has 146 valence electrons. The van der Waals surface area contributed by atoms with E-state index in [2.05, 4.69) is 30.9 Å². The highest BCUT2D eigenvalue weighted by molar-refractivity contribution is 8.01. The average Bonchev–Trinajstić information content (AvgIpc) is 3.01. The Morgan fingerprint density at radius 3 is 2.56 bits per heavy atom. The van der Waals surface area contributed by atoms with Crippen molar-refractivity contribution in [1.29, 1.82) is 0 Å². The van der Waals surface area contributed by atoms with Crippen LogP contribution >= 0.6 is 23.1 Å². The third-order valence-corrected chi connectivity index (χ3v) is 4.63. The molecule has 27 heavy (non-hydrogen) atoms. The molecule has 3 N–H and O–H groups in total. The maximum absolute atomic E-state index is 12.1. The largest absolute Gasteiger partial charge is 0.573 e. The molecule has 0 saturated carbocycles. The molecule has 2 aromatic rings. The second kappa shape index (κ2) is 9.41. The summed E-state index contributed by atoms with van der Waals surface area (Å²) in [7, 11) is 0. The highest BCUT2D eigenvalue weighted by atomic mass is 32.2. The Labute approximate surface area is 159 Å². The molecule has 0 bridgehead atoms. The predicted molar refractivity (Wildman–Crippen MR) is 94.3 cm³/mol. The Balaban J connectivity index is 1.83. The minimum atomic E-state index is -4.75. The van der Waals surface area contributed by atoms with Crippen LogP contribution in [0, 0.1) is 0 Å². The monoisotopic (exact) mass is 421 g/mol. The van der Waals surface area contributed by atoms with E-state index >= 15 is 0 Å². The van der Waals surface area contributed by atoms with Gasteiger partial charge in [0.1, 0.15) is 5.75 Å². The number of aromatic nitrogens is 2. The molecular formula is C14H14F3N5O3S2. The third-order valence-electron chi connectivity index (χ3n) is 2.66. The first-order valence-electron chi connectivity index (χ1n) is 7.42. The molecule has 1 aromatic heterocycles. The van der Waals surface area contributed by atoms with Crippen molar-refractivity contribution in [2.45, 2.75) is 17.6 Å². The number of anilines is 2. The van der Waals surface area contributed by atoms with Gasteiger partial charge in [-0.25, -0.2) is 4.79 Å². The van der Waals surface area contributed by atoms with E-state index in [1.165, 1.54) is 12.1 Å². The van der Waals surface area contributed by atoms with E-state index < -0.39 is 18.3 Å². The number of thioether (sulfide) groups is 1. The van der Waals surface area contributed by atoms with Gasteiger partial charge in [0.2, 0.25) is 11.0 Å². The SMILES string of the molecule is CCNC(=O)NC(=O)CSc1nnc(Nc2ccc(OC(F)(F)F)cc2)s1. The highest BCUT2D eigenvalue weighted by Gasteiger charge is 2.30. The lowest BCUT2D eigenvalue weighted by atomic mass is 10.3. The Morgan fingerprint density at radius 2 is 1.93 bits per heavy atom. The van der Waals surface area contributed by atoms with E-state index in [1.807, 2.05) is 0 Å². The van der Waals surface area contributed by atoms with Gasteiger partial charge in [0.25, 0.3) is 0 Å². The number of amides is 3. The predicted octanol–water partition coefficient (Wildman–Crippen LogP) is 3.12. The van der Waals surface area contributed by atoms with Crippen molar-refractivity contribution >= 4 is 45.9 Å². The normalized spacial score (nSPS) is 11.0. The number of hydrogen-bond acceptors (Lipinski definition) is 8. The Morgan fingerprint density at radius 1 is 1.22 bits per heavy atom. The maximum atomic E-state index is 12.1. The Kier molecular flexibility index (Phi) is 7.24. The van der Waals surface area contributed by atoms with Crippen molar-refractivity contribution in [1.82, 2.24) is 20.8 Å². The van der Waals surface area contributed by atoms with E-state index in [-0.39, 0.29) is 11.5 Å². The molecule has 0 atom stereocenters. The number of hydrogen-bond donors (Lipinski definition) is 3. The smallest absolute Gasteiger partial charge is 0.406 e. The van der Waals surface area contributed by atoms with Crippen LogP contribution in [0.1, 0.15) is 6.92 Å². The fourth-order valence-electron chi connectivity index (χ4n) is 1.68. The van der Waals surface area contributed by atoms with Gasteiger partial charge in [-0.3, -0.25) is 10.1 Å². The lowest BCUT2D eigenvalue weighted by molar-refractivity contribution is -0.274. The van der Waals surface area contributed by atoms with Gasteiger partial charge in [-0.2, -0.15) is 0 Å². The van der Waals surface area contributed by atoms with Gasteiger partial charge in [-0.05, 0) is 31.2 Å². The molecule has 0 aliphatic heterocycles. The summed E-state index contributed by atoms with van der Waals surface area (Å²) in [6.07, 6.45) is -4.75. The standard InChI is InChI=1S/C14H14F3N5O3S2/c1-2-18-11(24)20-10(23)7-26-13-22-21-12(27-13)19-8-3-5-9(6-4-8)25-14(15,16)17/h3-6H,2,7H2,1H3,(H,19,21)(H2,18,20,23,24). The molecule has 3 amide bonds. The molecule has 0 fully saturated rings. The van der Waals surface area contributed by atoms with Gasteiger partial charge in [0, 0.05) is 12.2 Å². The number of ether oxygens (including phenoxy) is 1. The number of halogens is 3. The molecular weight excluding hydrogens is 407 g/mol. The summed E-state index contributed by atoms with van der Waals surface area (Å²) in [5.41, 5.74) is 0.492. The number of benzene rings is 1. The Hall–Kier alpha value is -2.54. The summed E-state index contributed by atoms with van der Waals surface area (Å²) in [5.74, 6) is -0.828. The summed E-state index contributed by atoms with van der Waals surface area (Å²) < 4.78 is 40.6. The molecule has 0 radical (unpaired) electrons. The van der Waals surface area contributed by atoms with Gasteiger partial charge in [0.05, 0.1) is 5.75 Å². The number of imide groups is 1. The van der Waals surface area contributed by atoms with Crippen molar-refractivity contribution in [3.05, 3.63) is 24.3 Å². The van der Waals surface area contributed by atoms with Crippen LogP contribution in [-0.4, -0.2) is 40.8 Å². The zero-order valence-electron chi connectivity index (χ0n) is 13.8. The number of nitrogens with zero attached hydrogens (tertiary/aromatic N) is 2. The number of urea groups is 1. The summed E-state index contributed by atoms with van der Waals surface area (Å²) >= 11 is 2.25. The van der Waals surface area contributed by atoms with E-state index in [9.17, 15) is 22.8 Å². The number of alkyl halides is 3. The second-order valence-electron chi connectivity index (χ2n) is 4.77. The van der Waals surface area contributed by atoms with Gasteiger partial charge in [0.15, 0.2) is 4.34 Å². The van der Waals surface area contributed by atoms with Crippen LogP contribution in [0.4, 0.5) is 28.8 Å². The quantitative estimate of drug-likeness (QED) is 0.590. The van der Waals surface area contributed by atoms with Crippen LogP contribution in [0.3, 0.4) is 0 Å². The van der Waals surface area contributed by atoms with Crippen molar-refractivity contribution in [3.8, 4) is 5.75 Å². The maximum Gasteiger partial charge on any atom is 0.573 e. The molecule has 0 spiro atoms. The van der Waals surface area contributed by atoms with E-state index in [0.29, 0.717) is 21.7 Å². The first kappa shape index (κ1) is 20.8. The molecule has 13 heteroatoms. The van der Waals surface area contributed by atoms with Gasteiger partial charge < -0.3 is 15.4 Å². The molecule has 0 saturated heterocycles. The first-order chi connectivity index (χ1) is 12.7. The van der Waals surface area contributed by atoms with Crippen molar-refractivity contribution in [2.75, 3.05) is 17.6 Å². The number of rotatable bonds is 7. The van der Waals surface area contributed by atoms with Gasteiger partial charge in [-0.1, -0.05) is 23.1 Å². The Bertz CT molecular complexity index is 783. The molecule has 0 aliphatic carbocycles. The van der Waals surface area contributed by atoms with E-state index in [4.69, 9.17) is 0 Å². The minimum absolute atomic E-state index is 0.0186. The molecule has 0 aliphatic rings. The number of nitrogens with one attached hydrogen (secondary N) is 3. The number of carbonyl (C=O) groups is 2. The molecule has 0 unspecified atom stereocenters. The zero-order chi connectivity index (χ0) is 19.9. The highest BCUT2D eigenvalue weighted by Crippen LogP contribution is 2.29. The van der Waals surface area contributed by atoms with Gasteiger partial charge in [-0.15, -0.1) is 23.4 Å².